The average Bonchev–Trinajstić information content (AvgIpc) is 2.16. The van der Waals surface area contributed by atoms with Crippen molar-refractivity contribution in [2.24, 2.45) is 5.41 Å². The van der Waals surface area contributed by atoms with Crippen LogP contribution in [0.25, 0.3) is 0 Å². The third-order valence-electron chi connectivity index (χ3n) is 1.51. The minimum absolute atomic E-state index is 0.197. The summed E-state index contributed by atoms with van der Waals surface area (Å²) in [5.41, 5.74) is 6.60. The molecule has 0 aromatic carbocycles. The van der Waals surface area contributed by atoms with Gasteiger partial charge in [-0.1, -0.05) is 32.4 Å². The van der Waals surface area contributed by atoms with E-state index in [2.05, 4.69) is 31.0 Å². The van der Waals surface area contributed by atoms with E-state index in [1.165, 1.54) is 0 Å². The standard InChI is InChI=1S/C8H14ClN3/c1-8(2,3)4-5-6(9)7(10)12-11-5/h4H2,1-3H3,(H3,10,11,12). The molecule has 3 N–H and O–H groups in total. The number of H-pyrrole nitrogens is 1. The van der Waals surface area contributed by atoms with Gasteiger partial charge in [0.05, 0.1) is 5.69 Å². The Bertz CT molecular complexity index is 272. The fourth-order valence-corrected chi connectivity index (χ4v) is 1.18. The van der Waals surface area contributed by atoms with Gasteiger partial charge in [-0.25, -0.2) is 0 Å². The fourth-order valence-electron chi connectivity index (χ4n) is 1.03. The number of nitrogens with one attached hydrogen (secondary N) is 1. The second-order valence-electron chi connectivity index (χ2n) is 4.14. The summed E-state index contributed by atoms with van der Waals surface area (Å²) in [4.78, 5) is 0. The summed E-state index contributed by atoms with van der Waals surface area (Å²) >= 11 is 5.90. The number of anilines is 1. The molecular weight excluding hydrogens is 174 g/mol. The first-order valence-corrected chi connectivity index (χ1v) is 4.26. The largest absolute Gasteiger partial charge is 0.381 e. The van der Waals surface area contributed by atoms with E-state index in [9.17, 15) is 0 Å². The van der Waals surface area contributed by atoms with Gasteiger partial charge in [0.15, 0.2) is 5.82 Å². The minimum Gasteiger partial charge on any atom is -0.381 e. The highest BCUT2D eigenvalue weighted by molar-refractivity contribution is 6.33. The Morgan fingerprint density at radius 2 is 2.08 bits per heavy atom. The summed E-state index contributed by atoms with van der Waals surface area (Å²) in [7, 11) is 0. The molecular formula is C8H14ClN3. The molecule has 0 aliphatic rings. The Balaban J connectivity index is 2.83. The van der Waals surface area contributed by atoms with Crippen molar-refractivity contribution in [3.05, 3.63) is 10.7 Å². The molecule has 4 heteroatoms. The highest BCUT2D eigenvalue weighted by Gasteiger charge is 2.16. The number of halogens is 1. The number of nitrogens with two attached hydrogens (primary N) is 1. The SMILES string of the molecule is CC(C)(C)Cc1[nH]nc(N)c1Cl. The van der Waals surface area contributed by atoms with Crippen LogP contribution in [0.1, 0.15) is 26.5 Å². The number of aromatic nitrogens is 2. The molecule has 0 aliphatic heterocycles. The molecule has 68 valence electrons. The zero-order chi connectivity index (χ0) is 9.35. The lowest BCUT2D eigenvalue weighted by atomic mass is 9.91. The first-order valence-electron chi connectivity index (χ1n) is 3.88. The summed E-state index contributed by atoms with van der Waals surface area (Å²) in [6, 6.07) is 0. The van der Waals surface area contributed by atoms with E-state index >= 15 is 0 Å². The predicted octanol–water partition coefficient (Wildman–Crippen LogP) is 2.23. The maximum Gasteiger partial charge on any atom is 0.164 e. The molecule has 0 bridgehead atoms. The van der Waals surface area contributed by atoms with Crippen LogP contribution in [0, 0.1) is 5.41 Å². The zero-order valence-electron chi connectivity index (χ0n) is 7.61. The number of nitrogens with zero attached hydrogens (tertiary/aromatic N) is 1. The van der Waals surface area contributed by atoms with Crippen molar-refractivity contribution in [1.82, 2.24) is 10.2 Å². The van der Waals surface area contributed by atoms with E-state index in [0.29, 0.717) is 10.8 Å². The van der Waals surface area contributed by atoms with Crippen LogP contribution in [0.15, 0.2) is 0 Å². The Morgan fingerprint density at radius 1 is 1.50 bits per heavy atom. The van der Waals surface area contributed by atoms with Crippen molar-refractivity contribution in [3.63, 3.8) is 0 Å². The smallest absolute Gasteiger partial charge is 0.164 e. The molecule has 0 spiro atoms. The number of nitrogen functional groups attached to an aromatic ring is 1. The third-order valence-corrected chi connectivity index (χ3v) is 1.93. The Morgan fingerprint density at radius 3 is 2.42 bits per heavy atom. The van der Waals surface area contributed by atoms with Gasteiger partial charge in [0.2, 0.25) is 0 Å². The molecule has 0 radical (unpaired) electrons. The summed E-state index contributed by atoms with van der Waals surface area (Å²) in [5.74, 6) is 0.385. The number of rotatable bonds is 1. The Kier molecular flexibility index (Phi) is 2.33. The summed E-state index contributed by atoms with van der Waals surface area (Å²) in [5, 5.41) is 7.20. The monoisotopic (exact) mass is 187 g/mol. The molecule has 1 aromatic heterocycles. The van der Waals surface area contributed by atoms with E-state index in [4.69, 9.17) is 17.3 Å². The van der Waals surface area contributed by atoms with Gasteiger partial charge < -0.3 is 5.73 Å². The van der Waals surface area contributed by atoms with Crippen LogP contribution in [0.5, 0.6) is 0 Å². The quantitative estimate of drug-likeness (QED) is 0.709. The van der Waals surface area contributed by atoms with Crippen LogP contribution >= 0.6 is 11.6 Å². The maximum atomic E-state index is 5.90. The van der Waals surface area contributed by atoms with Gasteiger partial charge in [-0.2, -0.15) is 5.10 Å². The van der Waals surface area contributed by atoms with Crippen LogP contribution in [-0.2, 0) is 6.42 Å². The number of hydrogen-bond acceptors (Lipinski definition) is 2. The Labute approximate surface area is 77.3 Å². The van der Waals surface area contributed by atoms with Crippen molar-refractivity contribution >= 4 is 17.4 Å². The first kappa shape index (κ1) is 9.39. The molecule has 12 heavy (non-hydrogen) atoms. The van der Waals surface area contributed by atoms with Crippen molar-refractivity contribution in [2.45, 2.75) is 27.2 Å². The summed E-state index contributed by atoms with van der Waals surface area (Å²) < 4.78 is 0. The second-order valence-corrected chi connectivity index (χ2v) is 4.52. The second kappa shape index (κ2) is 2.98. The van der Waals surface area contributed by atoms with Crippen LogP contribution < -0.4 is 5.73 Å². The van der Waals surface area contributed by atoms with Crippen molar-refractivity contribution in [2.75, 3.05) is 5.73 Å². The Hall–Kier alpha value is -0.700. The fraction of sp³-hybridized carbons (Fsp3) is 0.625. The van der Waals surface area contributed by atoms with E-state index < -0.39 is 0 Å². The minimum atomic E-state index is 0.197. The highest BCUT2D eigenvalue weighted by atomic mass is 35.5. The van der Waals surface area contributed by atoms with E-state index in [-0.39, 0.29) is 5.41 Å². The molecule has 1 rings (SSSR count). The molecule has 0 fully saturated rings. The number of hydrogen-bond donors (Lipinski definition) is 2. The molecule has 1 aromatic rings. The number of aromatic amines is 1. The zero-order valence-corrected chi connectivity index (χ0v) is 8.37. The van der Waals surface area contributed by atoms with E-state index in [0.717, 1.165) is 12.1 Å². The van der Waals surface area contributed by atoms with Crippen LogP contribution in [0.3, 0.4) is 0 Å². The van der Waals surface area contributed by atoms with Gasteiger partial charge in [0, 0.05) is 0 Å². The molecule has 0 atom stereocenters. The summed E-state index contributed by atoms with van der Waals surface area (Å²) in [6.45, 7) is 6.42. The highest BCUT2D eigenvalue weighted by Crippen LogP contribution is 2.27. The van der Waals surface area contributed by atoms with Crippen LogP contribution in [0.4, 0.5) is 5.82 Å². The molecule has 1 heterocycles. The van der Waals surface area contributed by atoms with Crippen LogP contribution in [0.2, 0.25) is 5.02 Å². The predicted molar refractivity (Wildman–Crippen MR) is 51.2 cm³/mol. The normalized spacial score (nSPS) is 12.0. The molecule has 0 aliphatic carbocycles. The maximum absolute atomic E-state index is 5.90. The molecule has 0 amide bonds. The lowest BCUT2D eigenvalue weighted by Gasteiger charge is -2.16. The van der Waals surface area contributed by atoms with Gasteiger partial charge in [-0.15, -0.1) is 0 Å². The van der Waals surface area contributed by atoms with Gasteiger partial charge in [-0.3, -0.25) is 5.10 Å². The van der Waals surface area contributed by atoms with Gasteiger partial charge in [0.25, 0.3) is 0 Å². The first-order chi connectivity index (χ1) is 5.40. The lowest BCUT2D eigenvalue weighted by molar-refractivity contribution is 0.406. The third kappa shape index (κ3) is 2.14. The van der Waals surface area contributed by atoms with E-state index in [1.807, 2.05) is 0 Å². The average molecular weight is 188 g/mol. The van der Waals surface area contributed by atoms with E-state index in [1.54, 1.807) is 0 Å². The molecule has 3 nitrogen and oxygen atoms in total. The van der Waals surface area contributed by atoms with Crippen molar-refractivity contribution in [3.8, 4) is 0 Å². The van der Waals surface area contributed by atoms with Gasteiger partial charge >= 0.3 is 0 Å². The van der Waals surface area contributed by atoms with Gasteiger partial charge in [-0.05, 0) is 11.8 Å². The van der Waals surface area contributed by atoms with Gasteiger partial charge in [0.1, 0.15) is 5.02 Å². The lowest BCUT2D eigenvalue weighted by Crippen LogP contribution is -2.09. The van der Waals surface area contributed by atoms with Crippen molar-refractivity contribution < 1.29 is 0 Å². The molecule has 0 saturated heterocycles. The van der Waals surface area contributed by atoms with Crippen molar-refractivity contribution in [1.29, 1.82) is 0 Å². The van der Waals surface area contributed by atoms with Crippen LogP contribution in [-0.4, -0.2) is 10.2 Å². The molecule has 0 unspecified atom stereocenters. The molecule has 0 saturated carbocycles. The topological polar surface area (TPSA) is 54.7 Å². The summed E-state index contributed by atoms with van der Waals surface area (Å²) in [6.07, 6.45) is 0.857.